The molecular formula is C22H50N2. The summed E-state index contributed by atoms with van der Waals surface area (Å²) in [6.45, 7) is 28.3. The van der Waals surface area contributed by atoms with E-state index in [4.69, 9.17) is 0 Å². The second-order valence-corrected chi connectivity index (χ2v) is 10.7. The van der Waals surface area contributed by atoms with Crippen molar-refractivity contribution < 1.29 is 0 Å². The van der Waals surface area contributed by atoms with E-state index in [-0.39, 0.29) is 0 Å². The number of nitrogens with one attached hydrogen (secondary N) is 2. The van der Waals surface area contributed by atoms with Crippen molar-refractivity contribution in [3.63, 3.8) is 0 Å². The van der Waals surface area contributed by atoms with Gasteiger partial charge in [-0.15, -0.1) is 0 Å². The third-order valence-electron chi connectivity index (χ3n) is 4.25. The minimum Gasteiger partial charge on any atom is -0.316 e. The van der Waals surface area contributed by atoms with Crippen LogP contribution in [0.15, 0.2) is 0 Å². The molecule has 0 bridgehead atoms. The first-order valence-corrected chi connectivity index (χ1v) is 10.2. The van der Waals surface area contributed by atoms with Crippen LogP contribution in [-0.4, -0.2) is 25.7 Å². The van der Waals surface area contributed by atoms with Gasteiger partial charge in [-0.05, 0) is 55.1 Å². The first-order valence-electron chi connectivity index (χ1n) is 10.2. The molecule has 1 atom stereocenters. The third-order valence-corrected chi connectivity index (χ3v) is 4.25. The Morgan fingerprint density at radius 3 is 1.58 bits per heavy atom. The second kappa shape index (κ2) is 12.3. The molecule has 0 aromatic carbocycles. The molecule has 0 spiro atoms. The maximum atomic E-state index is 3.50. The van der Waals surface area contributed by atoms with Gasteiger partial charge in [0.1, 0.15) is 0 Å². The van der Waals surface area contributed by atoms with Gasteiger partial charge in [-0.1, -0.05) is 82.6 Å². The fraction of sp³-hybridized carbons (Fsp3) is 1.00. The molecule has 1 rings (SSSR count). The summed E-state index contributed by atoms with van der Waals surface area (Å²) >= 11 is 0. The van der Waals surface area contributed by atoms with Crippen molar-refractivity contribution in [3.05, 3.63) is 0 Å². The largest absolute Gasteiger partial charge is 0.316 e. The standard InChI is InChI=1S/C8H17N.C8H19N.C6H14/c1-8(2,3)7-5-4-6-9-7;1-5-6-9-7-8(2,3)4;1-5-6(2,3)4/h7,9H,4-6H2,1-3H3;9H,5-7H2,1-4H3;5H2,1-4H3. The summed E-state index contributed by atoms with van der Waals surface area (Å²) in [5.41, 5.74) is 1.45. The summed E-state index contributed by atoms with van der Waals surface area (Å²) < 4.78 is 0. The highest BCUT2D eigenvalue weighted by Crippen LogP contribution is 2.25. The van der Waals surface area contributed by atoms with Gasteiger partial charge in [0.05, 0.1) is 0 Å². The Kier molecular flexibility index (Phi) is 13.4. The molecule has 1 heterocycles. The van der Waals surface area contributed by atoms with Crippen molar-refractivity contribution in [2.45, 2.75) is 108 Å². The fourth-order valence-corrected chi connectivity index (χ4v) is 2.06. The molecule has 0 aromatic heterocycles. The minimum absolute atomic E-state index is 0.440. The zero-order valence-corrected chi connectivity index (χ0v) is 19.0. The molecule has 0 radical (unpaired) electrons. The number of hydrogen-bond donors (Lipinski definition) is 2. The van der Waals surface area contributed by atoms with Crippen molar-refractivity contribution in [2.75, 3.05) is 19.6 Å². The summed E-state index contributed by atoms with van der Waals surface area (Å²) in [7, 11) is 0. The lowest BCUT2D eigenvalue weighted by atomic mass is 9.86. The van der Waals surface area contributed by atoms with Crippen LogP contribution < -0.4 is 10.6 Å². The van der Waals surface area contributed by atoms with Crippen LogP contribution in [0.4, 0.5) is 0 Å². The highest BCUT2D eigenvalue weighted by atomic mass is 14.9. The van der Waals surface area contributed by atoms with Gasteiger partial charge in [0.2, 0.25) is 0 Å². The lowest BCUT2D eigenvalue weighted by Crippen LogP contribution is -2.34. The van der Waals surface area contributed by atoms with Gasteiger partial charge in [-0.3, -0.25) is 0 Å². The van der Waals surface area contributed by atoms with Crippen molar-refractivity contribution in [3.8, 4) is 0 Å². The SMILES string of the molecule is CC(C)(C)C1CCCN1.CCC(C)(C)C.CCCNCC(C)(C)C. The van der Waals surface area contributed by atoms with Gasteiger partial charge in [0.15, 0.2) is 0 Å². The van der Waals surface area contributed by atoms with E-state index in [1.807, 2.05) is 0 Å². The first kappa shape index (κ1) is 26.2. The van der Waals surface area contributed by atoms with Crippen LogP contribution in [-0.2, 0) is 0 Å². The Morgan fingerprint density at radius 1 is 0.875 bits per heavy atom. The number of rotatable bonds is 3. The molecule has 1 saturated heterocycles. The normalized spacial score (nSPS) is 18.4. The van der Waals surface area contributed by atoms with E-state index in [0.29, 0.717) is 16.2 Å². The Bertz CT molecular complexity index is 270. The van der Waals surface area contributed by atoms with E-state index in [1.165, 1.54) is 32.2 Å². The smallest absolute Gasteiger partial charge is 0.0116 e. The molecule has 24 heavy (non-hydrogen) atoms. The number of hydrogen-bond acceptors (Lipinski definition) is 2. The molecule has 1 aliphatic heterocycles. The van der Waals surface area contributed by atoms with E-state index >= 15 is 0 Å². The second-order valence-electron chi connectivity index (χ2n) is 10.7. The maximum Gasteiger partial charge on any atom is 0.0116 e. The molecule has 0 aromatic rings. The van der Waals surface area contributed by atoms with Gasteiger partial charge in [0, 0.05) is 6.04 Å². The van der Waals surface area contributed by atoms with Gasteiger partial charge in [0.25, 0.3) is 0 Å². The van der Waals surface area contributed by atoms with Crippen LogP contribution in [0.5, 0.6) is 0 Å². The van der Waals surface area contributed by atoms with E-state index in [1.54, 1.807) is 0 Å². The van der Waals surface area contributed by atoms with E-state index in [9.17, 15) is 0 Å². The van der Waals surface area contributed by atoms with Crippen LogP contribution in [0.1, 0.15) is 102 Å². The molecule has 1 fully saturated rings. The van der Waals surface area contributed by atoms with E-state index in [2.05, 4.69) is 86.8 Å². The molecule has 2 N–H and O–H groups in total. The molecule has 1 aliphatic rings. The average molecular weight is 343 g/mol. The lowest BCUT2D eigenvalue weighted by Gasteiger charge is -2.26. The highest BCUT2D eigenvalue weighted by molar-refractivity contribution is 4.84. The lowest BCUT2D eigenvalue weighted by molar-refractivity contribution is 0.295. The fourth-order valence-electron chi connectivity index (χ4n) is 2.06. The van der Waals surface area contributed by atoms with Crippen LogP contribution in [0.3, 0.4) is 0 Å². The van der Waals surface area contributed by atoms with Crippen molar-refractivity contribution in [1.29, 1.82) is 0 Å². The van der Waals surface area contributed by atoms with Crippen LogP contribution >= 0.6 is 0 Å². The van der Waals surface area contributed by atoms with Crippen molar-refractivity contribution >= 4 is 0 Å². The quantitative estimate of drug-likeness (QED) is 0.591. The van der Waals surface area contributed by atoms with E-state index < -0.39 is 0 Å². The topological polar surface area (TPSA) is 24.1 Å². The predicted molar refractivity (Wildman–Crippen MR) is 113 cm³/mol. The van der Waals surface area contributed by atoms with Crippen LogP contribution in [0.25, 0.3) is 0 Å². The summed E-state index contributed by atoms with van der Waals surface area (Å²) in [4.78, 5) is 0. The van der Waals surface area contributed by atoms with Gasteiger partial charge < -0.3 is 10.6 Å². The molecule has 2 heteroatoms. The van der Waals surface area contributed by atoms with Crippen molar-refractivity contribution in [1.82, 2.24) is 10.6 Å². The van der Waals surface area contributed by atoms with E-state index in [0.717, 1.165) is 19.1 Å². The molecule has 0 amide bonds. The zero-order chi connectivity index (χ0) is 19.4. The molecule has 2 nitrogen and oxygen atoms in total. The Labute approximate surface area is 155 Å². The van der Waals surface area contributed by atoms with Gasteiger partial charge in [-0.25, -0.2) is 0 Å². The van der Waals surface area contributed by atoms with Crippen LogP contribution in [0, 0.1) is 16.2 Å². The molecule has 0 saturated carbocycles. The summed E-state index contributed by atoms with van der Waals surface area (Å²) in [5.74, 6) is 0. The Hall–Kier alpha value is -0.0800. The monoisotopic (exact) mass is 342 g/mol. The Morgan fingerprint density at radius 2 is 1.38 bits per heavy atom. The predicted octanol–water partition coefficient (Wildman–Crippen LogP) is 6.26. The first-order chi connectivity index (χ1) is 10.7. The summed E-state index contributed by atoms with van der Waals surface area (Å²) in [6.07, 6.45) is 5.23. The summed E-state index contributed by atoms with van der Waals surface area (Å²) in [6, 6.07) is 0.762. The molecule has 148 valence electrons. The maximum absolute atomic E-state index is 3.50. The van der Waals surface area contributed by atoms with Crippen molar-refractivity contribution in [2.24, 2.45) is 16.2 Å². The van der Waals surface area contributed by atoms with Gasteiger partial charge in [-0.2, -0.15) is 0 Å². The van der Waals surface area contributed by atoms with Crippen LogP contribution in [0.2, 0.25) is 0 Å². The minimum atomic E-state index is 0.440. The molecule has 0 aliphatic carbocycles. The molecular weight excluding hydrogens is 292 g/mol. The zero-order valence-electron chi connectivity index (χ0n) is 19.0. The highest BCUT2D eigenvalue weighted by Gasteiger charge is 2.26. The third kappa shape index (κ3) is 20.0. The van der Waals surface area contributed by atoms with Gasteiger partial charge >= 0.3 is 0 Å². The Balaban J connectivity index is 0. The average Bonchev–Trinajstić information content (AvgIpc) is 2.92. The summed E-state index contributed by atoms with van der Waals surface area (Å²) in [5, 5.41) is 6.87. The molecule has 1 unspecified atom stereocenters.